The first-order valence-corrected chi connectivity index (χ1v) is 8.84. The van der Waals surface area contributed by atoms with Crippen LogP contribution in [0.15, 0.2) is 42.5 Å². The molecule has 0 aliphatic rings. The van der Waals surface area contributed by atoms with Crippen molar-refractivity contribution < 1.29 is 19.1 Å². The van der Waals surface area contributed by atoms with Crippen molar-refractivity contribution in [2.45, 2.75) is 12.8 Å². The maximum atomic E-state index is 12.1. The predicted molar refractivity (Wildman–Crippen MR) is 104 cm³/mol. The molecule has 0 aliphatic carbocycles. The van der Waals surface area contributed by atoms with Gasteiger partial charge in [-0.2, -0.15) is 0 Å². The highest BCUT2D eigenvalue weighted by Gasteiger charge is 2.10. The number of carbonyl (C=O) groups is 3. The summed E-state index contributed by atoms with van der Waals surface area (Å²) in [6.45, 7) is -0.208. The number of rotatable bonds is 7. The van der Waals surface area contributed by atoms with E-state index in [0.717, 1.165) is 5.56 Å². The number of methoxy groups -OCH3 is 1. The van der Waals surface area contributed by atoms with Crippen LogP contribution in [0.1, 0.15) is 22.3 Å². The third-order valence-electron chi connectivity index (χ3n) is 3.70. The fourth-order valence-corrected chi connectivity index (χ4v) is 2.66. The van der Waals surface area contributed by atoms with Gasteiger partial charge < -0.3 is 15.4 Å². The lowest BCUT2D eigenvalue weighted by Crippen LogP contribution is -2.30. The average molecular weight is 409 g/mol. The summed E-state index contributed by atoms with van der Waals surface area (Å²) in [5, 5.41) is 6.09. The molecule has 0 atom stereocenters. The fourth-order valence-electron chi connectivity index (χ4n) is 2.24. The maximum Gasteiger partial charge on any atom is 0.325 e. The lowest BCUT2D eigenvalue weighted by atomic mass is 10.1. The van der Waals surface area contributed by atoms with E-state index in [4.69, 9.17) is 23.2 Å². The van der Waals surface area contributed by atoms with Crippen molar-refractivity contribution in [2.75, 3.05) is 19.0 Å². The van der Waals surface area contributed by atoms with Crippen molar-refractivity contribution in [1.82, 2.24) is 5.32 Å². The van der Waals surface area contributed by atoms with Crippen molar-refractivity contribution in [2.24, 2.45) is 0 Å². The molecule has 142 valence electrons. The van der Waals surface area contributed by atoms with Crippen LogP contribution in [-0.4, -0.2) is 31.4 Å². The summed E-state index contributed by atoms with van der Waals surface area (Å²) >= 11 is 12.1. The summed E-state index contributed by atoms with van der Waals surface area (Å²) < 4.78 is 4.45. The van der Waals surface area contributed by atoms with Crippen LogP contribution < -0.4 is 10.6 Å². The maximum absolute atomic E-state index is 12.1. The minimum Gasteiger partial charge on any atom is -0.468 e. The van der Waals surface area contributed by atoms with Gasteiger partial charge in [0.25, 0.3) is 5.91 Å². The fraction of sp³-hybridized carbons (Fsp3) is 0.211. The molecule has 0 saturated carbocycles. The topological polar surface area (TPSA) is 84.5 Å². The highest BCUT2D eigenvalue weighted by atomic mass is 35.5. The molecule has 2 rings (SSSR count). The Kier molecular flexibility index (Phi) is 7.64. The molecule has 2 aromatic rings. The Bertz CT molecular complexity index is 838. The molecular formula is C19H18Cl2N2O4. The van der Waals surface area contributed by atoms with Crippen LogP contribution in [0.4, 0.5) is 5.69 Å². The first kappa shape index (κ1) is 20.7. The monoisotopic (exact) mass is 408 g/mol. The zero-order valence-corrected chi connectivity index (χ0v) is 16.1. The number of hydrogen-bond donors (Lipinski definition) is 2. The van der Waals surface area contributed by atoms with E-state index >= 15 is 0 Å². The van der Waals surface area contributed by atoms with E-state index in [1.807, 2.05) is 6.07 Å². The number of anilines is 1. The lowest BCUT2D eigenvalue weighted by molar-refractivity contribution is -0.139. The van der Waals surface area contributed by atoms with Gasteiger partial charge in [-0.3, -0.25) is 14.4 Å². The number of carbonyl (C=O) groups excluding carboxylic acids is 3. The molecule has 2 N–H and O–H groups in total. The molecule has 0 saturated heterocycles. The van der Waals surface area contributed by atoms with E-state index in [1.54, 1.807) is 36.4 Å². The number of benzene rings is 2. The summed E-state index contributed by atoms with van der Waals surface area (Å²) in [6, 6.07) is 11.6. The molecule has 0 aromatic heterocycles. The largest absolute Gasteiger partial charge is 0.468 e. The Hall–Kier alpha value is -2.57. The molecule has 0 bridgehead atoms. The Morgan fingerprint density at radius 2 is 1.74 bits per heavy atom. The minimum atomic E-state index is -0.535. The first-order valence-electron chi connectivity index (χ1n) is 8.08. The van der Waals surface area contributed by atoms with Gasteiger partial charge in [0.15, 0.2) is 0 Å². The number of aryl methyl sites for hydroxylation is 1. The van der Waals surface area contributed by atoms with Crippen LogP contribution in [0.3, 0.4) is 0 Å². The molecule has 0 heterocycles. The van der Waals surface area contributed by atoms with Crippen LogP contribution in [0, 0.1) is 0 Å². The van der Waals surface area contributed by atoms with Gasteiger partial charge in [0, 0.05) is 17.7 Å². The Morgan fingerprint density at radius 1 is 1.04 bits per heavy atom. The third-order valence-corrected chi connectivity index (χ3v) is 4.56. The smallest absolute Gasteiger partial charge is 0.325 e. The van der Waals surface area contributed by atoms with Gasteiger partial charge in [0.05, 0.1) is 17.2 Å². The standard InChI is InChI=1S/C19H18Cl2N2O4/c1-27-17(25)11-22-19(26)13-5-8-14(9-6-13)23-16(24)10-7-12-3-2-4-15(20)18(12)21/h2-6,8-9H,7,10-11H2,1H3,(H,22,26)(H,23,24). The van der Waals surface area contributed by atoms with Crippen molar-refractivity contribution in [1.29, 1.82) is 0 Å². The Morgan fingerprint density at radius 3 is 2.41 bits per heavy atom. The number of ether oxygens (including phenoxy) is 1. The van der Waals surface area contributed by atoms with E-state index < -0.39 is 11.9 Å². The molecule has 0 radical (unpaired) electrons. The summed E-state index contributed by atoms with van der Waals surface area (Å²) in [5.74, 6) is -1.13. The van der Waals surface area contributed by atoms with Crippen LogP contribution >= 0.6 is 23.2 Å². The molecule has 6 nitrogen and oxygen atoms in total. The third kappa shape index (κ3) is 6.27. The van der Waals surface area contributed by atoms with Gasteiger partial charge in [-0.1, -0.05) is 35.3 Å². The molecule has 27 heavy (non-hydrogen) atoms. The molecular weight excluding hydrogens is 391 g/mol. The van der Waals surface area contributed by atoms with E-state index in [0.29, 0.717) is 27.7 Å². The normalized spacial score (nSPS) is 10.2. The highest BCUT2D eigenvalue weighted by molar-refractivity contribution is 6.42. The molecule has 8 heteroatoms. The van der Waals surface area contributed by atoms with Gasteiger partial charge in [-0.25, -0.2) is 0 Å². The first-order chi connectivity index (χ1) is 12.9. The second-order valence-electron chi connectivity index (χ2n) is 5.60. The van der Waals surface area contributed by atoms with Crippen LogP contribution in [0.5, 0.6) is 0 Å². The molecule has 2 amide bonds. The number of halogens is 2. The minimum absolute atomic E-state index is 0.186. The van der Waals surface area contributed by atoms with Gasteiger partial charge >= 0.3 is 5.97 Å². The van der Waals surface area contributed by atoms with Crippen LogP contribution in [0.25, 0.3) is 0 Å². The highest BCUT2D eigenvalue weighted by Crippen LogP contribution is 2.26. The van der Waals surface area contributed by atoms with Crippen LogP contribution in [-0.2, 0) is 20.7 Å². The Balaban J connectivity index is 1.86. The van der Waals surface area contributed by atoms with Crippen LogP contribution in [0.2, 0.25) is 10.0 Å². The van der Waals surface area contributed by atoms with E-state index in [9.17, 15) is 14.4 Å². The van der Waals surface area contributed by atoms with E-state index in [-0.39, 0.29) is 18.9 Å². The van der Waals surface area contributed by atoms with Crippen molar-refractivity contribution >= 4 is 46.7 Å². The second-order valence-corrected chi connectivity index (χ2v) is 6.38. The molecule has 2 aromatic carbocycles. The summed E-state index contributed by atoms with van der Waals surface area (Å²) in [5.41, 5.74) is 1.72. The van der Waals surface area contributed by atoms with E-state index in [2.05, 4.69) is 15.4 Å². The predicted octanol–water partition coefficient (Wildman–Crippen LogP) is 3.47. The lowest BCUT2D eigenvalue weighted by Gasteiger charge is -2.08. The quantitative estimate of drug-likeness (QED) is 0.686. The van der Waals surface area contributed by atoms with E-state index in [1.165, 1.54) is 7.11 Å². The van der Waals surface area contributed by atoms with Crippen molar-refractivity contribution in [3.05, 3.63) is 63.6 Å². The number of amides is 2. The summed E-state index contributed by atoms with van der Waals surface area (Å²) in [6.07, 6.45) is 0.695. The van der Waals surface area contributed by atoms with Crippen molar-refractivity contribution in [3.8, 4) is 0 Å². The number of hydrogen-bond acceptors (Lipinski definition) is 4. The van der Waals surface area contributed by atoms with Gasteiger partial charge in [0.1, 0.15) is 6.54 Å². The molecule has 0 unspecified atom stereocenters. The Labute approximate surface area is 166 Å². The zero-order chi connectivity index (χ0) is 19.8. The van der Waals surface area contributed by atoms with Gasteiger partial charge in [0.2, 0.25) is 5.91 Å². The SMILES string of the molecule is COC(=O)CNC(=O)c1ccc(NC(=O)CCc2cccc(Cl)c2Cl)cc1. The molecule has 0 spiro atoms. The number of esters is 1. The summed E-state index contributed by atoms with van der Waals surface area (Å²) in [7, 11) is 1.24. The van der Waals surface area contributed by atoms with Gasteiger partial charge in [-0.15, -0.1) is 0 Å². The number of nitrogens with one attached hydrogen (secondary N) is 2. The zero-order valence-electron chi connectivity index (χ0n) is 14.6. The second kappa shape index (κ2) is 9.94. The van der Waals surface area contributed by atoms with Crippen molar-refractivity contribution in [3.63, 3.8) is 0 Å². The average Bonchev–Trinajstić information content (AvgIpc) is 2.67. The molecule has 0 fully saturated rings. The molecule has 0 aliphatic heterocycles. The van der Waals surface area contributed by atoms with Gasteiger partial charge in [-0.05, 0) is 42.3 Å². The summed E-state index contributed by atoms with van der Waals surface area (Å²) in [4.78, 5) is 35.0.